The number of rotatable bonds is 1. The normalized spacial score (nSPS) is 10.9. The third-order valence-electron chi connectivity index (χ3n) is 2.11. The molecule has 2 N–H and O–H groups in total. The average Bonchev–Trinajstić information content (AvgIpc) is 2.42. The molecule has 0 saturated heterocycles. The minimum atomic E-state index is -0.120. The molecule has 13 heavy (non-hydrogen) atoms. The van der Waals surface area contributed by atoms with Crippen LogP contribution in [0, 0.1) is 0 Å². The predicted octanol–water partition coefficient (Wildman–Crippen LogP) is 0.771. The van der Waals surface area contributed by atoms with Gasteiger partial charge in [0.2, 0.25) is 0 Å². The molecule has 0 unspecified atom stereocenters. The topological polar surface area (TPSA) is 58.3 Å². The molecule has 0 fully saturated rings. The molecule has 68 valence electrons. The van der Waals surface area contributed by atoms with Crippen molar-refractivity contribution in [3.8, 4) is 5.75 Å². The number of aliphatic hydroxyl groups is 1. The first-order valence-corrected chi connectivity index (χ1v) is 3.98. The Morgan fingerprint density at radius 3 is 2.92 bits per heavy atom. The highest BCUT2D eigenvalue weighted by Crippen LogP contribution is 2.26. The molecule has 4 nitrogen and oxygen atoms in total. The lowest BCUT2D eigenvalue weighted by molar-refractivity contribution is 0.272. The van der Waals surface area contributed by atoms with Crippen molar-refractivity contribution >= 4 is 10.9 Å². The van der Waals surface area contributed by atoms with Gasteiger partial charge in [-0.2, -0.15) is 5.10 Å². The molecule has 0 bridgehead atoms. The van der Waals surface area contributed by atoms with E-state index in [9.17, 15) is 5.11 Å². The highest BCUT2D eigenvalue weighted by atomic mass is 16.3. The van der Waals surface area contributed by atoms with E-state index in [2.05, 4.69) is 5.10 Å². The first-order valence-electron chi connectivity index (χ1n) is 3.98. The molecule has 0 spiro atoms. The molecule has 0 saturated carbocycles. The van der Waals surface area contributed by atoms with Crippen LogP contribution in [-0.2, 0) is 13.7 Å². The number of phenols is 1. The Balaban J connectivity index is 2.88. The summed E-state index contributed by atoms with van der Waals surface area (Å²) in [6.07, 6.45) is 0. The maximum Gasteiger partial charge on any atom is 0.126 e. The highest BCUT2D eigenvalue weighted by Gasteiger charge is 2.10. The number of fused-ring (bicyclic) bond motifs is 1. The minimum Gasteiger partial charge on any atom is -0.507 e. The first-order chi connectivity index (χ1) is 6.24. The molecule has 4 heteroatoms. The zero-order chi connectivity index (χ0) is 9.42. The minimum absolute atomic E-state index is 0.120. The molecule has 0 aliphatic heterocycles. The Bertz CT molecular complexity index is 448. The van der Waals surface area contributed by atoms with Crippen molar-refractivity contribution in [1.29, 1.82) is 0 Å². The summed E-state index contributed by atoms with van der Waals surface area (Å²) in [6, 6.07) is 5.11. The standard InChI is InChI=1S/C9H10N2O2/c1-11-7(5-12)9-6(10-11)3-2-4-8(9)13/h2-4,12-13H,5H2,1H3. The van der Waals surface area contributed by atoms with E-state index in [1.807, 2.05) is 0 Å². The Morgan fingerprint density at radius 2 is 2.23 bits per heavy atom. The molecule has 0 radical (unpaired) electrons. The molecule has 0 amide bonds. The van der Waals surface area contributed by atoms with Crippen molar-refractivity contribution in [3.63, 3.8) is 0 Å². The lowest BCUT2D eigenvalue weighted by Crippen LogP contribution is -1.97. The monoisotopic (exact) mass is 178 g/mol. The van der Waals surface area contributed by atoms with E-state index >= 15 is 0 Å². The Kier molecular flexibility index (Phi) is 1.70. The van der Waals surface area contributed by atoms with Gasteiger partial charge in [0.15, 0.2) is 0 Å². The zero-order valence-corrected chi connectivity index (χ0v) is 7.23. The van der Waals surface area contributed by atoms with Gasteiger partial charge in [-0.05, 0) is 12.1 Å². The number of benzene rings is 1. The molecule has 2 rings (SSSR count). The number of nitrogens with zero attached hydrogens (tertiary/aromatic N) is 2. The molecule has 0 aliphatic carbocycles. The van der Waals surface area contributed by atoms with Gasteiger partial charge in [0.1, 0.15) is 5.75 Å². The van der Waals surface area contributed by atoms with Gasteiger partial charge in [0.05, 0.1) is 23.2 Å². The van der Waals surface area contributed by atoms with Crippen LogP contribution in [-0.4, -0.2) is 20.0 Å². The second kappa shape index (κ2) is 2.74. The third kappa shape index (κ3) is 1.07. The quantitative estimate of drug-likeness (QED) is 0.678. The summed E-state index contributed by atoms with van der Waals surface area (Å²) in [5, 5.41) is 23.4. The fourth-order valence-corrected chi connectivity index (χ4v) is 1.47. The maximum absolute atomic E-state index is 9.53. The number of aliphatic hydroxyl groups excluding tert-OH is 1. The summed E-state index contributed by atoms with van der Waals surface area (Å²) in [5.41, 5.74) is 1.33. The average molecular weight is 178 g/mol. The van der Waals surface area contributed by atoms with Crippen LogP contribution in [0.1, 0.15) is 5.69 Å². The first kappa shape index (κ1) is 8.07. The second-order valence-corrected chi connectivity index (χ2v) is 2.90. The van der Waals surface area contributed by atoms with Crippen molar-refractivity contribution in [2.45, 2.75) is 6.61 Å². The fourth-order valence-electron chi connectivity index (χ4n) is 1.47. The van der Waals surface area contributed by atoms with Crippen LogP contribution in [0.5, 0.6) is 5.75 Å². The maximum atomic E-state index is 9.53. The van der Waals surface area contributed by atoms with E-state index in [0.717, 1.165) is 0 Å². The largest absolute Gasteiger partial charge is 0.507 e. The lowest BCUT2D eigenvalue weighted by Gasteiger charge is -1.97. The SMILES string of the molecule is Cn1nc2cccc(O)c2c1CO. The van der Waals surface area contributed by atoms with Crippen molar-refractivity contribution in [2.24, 2.45) is 7.05 Å². The summed E-state index contributed by atoms with van der Waals surface area (Å²) in [6.45, 7) is -0.120. The van der Waals surface area contributed by atoms with Crippen LogP contribution in [0.15, 0.2) is 18.2 Å². The van der Waals surface area contributed by atoms with E-state index in [4.69, 9.17) is 5.11 Å². The van der Waals surface area contributed by atoms with Gasteiger partial charge >= 0.3 is 0 Å². The second-order valence-electron chi connectivity index (χ2n) is 2.90. The summed E-state index contributed by atoms with van der Waals surface area (Å²) >= 11 is 0. The molecular formula is C9H10N2O2. The van der Waals surface area contributed by atoms with Gasteiger partial charge in [-0.25, -0.2) is 0 Å². The Labute approximate surface area is 75.0 Å². The number of phenolic OH excluding ortho intramolecular Hbond substituents is 1. The van der Waals surface area contributed by atoms with E-state index in [-0.39, 0.29) is 12.4 Å². The van der Waals surface area contributed by atoms with Crippen molar-refractivity contribution in [2.75, 3.05) is 0 Å². The Morgan fingerprint density at radius 1 is 1.46 bits per heavy atom. The molecule has 1 heterocycles. The van der Waals surface area contributed by atoms with Crippen LogP contribution in [0.2, 0.25) is 0 Å². The van der Waals surface area contributed by atoms with E-state index in [1.54, 1.807) is 29.9 Å². The molecular weight excluding hydrogens is 168 g/mol. The summed E-state index contributed by atoms with van der Waals surface area (Å²) in [5.74, 6) is 0.162. The van der Waals surface area contributed by atoms with Gasteiger partial charge in [-0.15, -0.1) is 0 Å². The van der Waals surface area contributed by atoms with Crippen LogP contribution < -0.4 is 0 Å². The lowest BCUT2D eigenvalue weighted by atomic mass is 10.2. The number of hydrogen-bond acceptors (Lipinski definition) is 3. The van der Waals surface area contributed by atoms with Crippen LogP contribution >= 0.6 is 0 Å². The van der Waals surface area contributed by atoms with Crippen molar-refractivity contribution in [3.05, 3.63) is 23.9 Å². The van der Waals surface area contributed by atoms with Gasteiger partial charge in [-0.1, -0.05) is 6.07 Å². The van der Waals surface area contributed by atoms with Crippen molar-refractivity contribution < 1.29 is 10.2 Å². The van der Waals surface area contributed by atoms with Gasteiger partial charge in [0, 0.05) is 7.05 Å². The third-order valence-corrected chi connectivity index (χ3v) is 2.11. The Hall–Kier alpha value is -1.55. The molecule has 2 aromatic rings. The predicted molar refractivity (Wildman–Crippen MR) is 48.3 cm³/mol. The molecule has 0 atom stereocenters. The van der Waals surface area contributed by atoms with Crippen LogP contribution in [0.3, 0.4) is 0 Å². The fraction of sp³-hybridized carbons (Fsp3) is 0.222. The van der Waals surface area contributed by atoms with E-state index in [0.29, 0.717) is 16.6 Å². The number of aromatic nitrogens is 2. The number of hydrogen-bond donors (Lipinski definition) is 2. The molecule has 1 aromatic carbocycles. The number of aromatic hydroxyl groups is 1. The van der Waals surface area contributed by atoms with E-state index in [1.165, 1.54) is 0 Å². The van der Waals surface area contributed by atoms with Crippen LogP contribution in [0.25, 0.3) is 10.9 Å². The van der Waals surface area contributed by atoms with Crippen LogP contribution in [0.4, 0.5) is 0 Å². The summed E-state index contributed by atoms with van der Waals surface area (Å²) in [7, 11) is 1.74. The number of aryl methyl sites for hydroxylation is 1. The zero-order valence-electron chi connectivity index (χ0n) is 7.23. The van der Waals surface area contributed by atoms with Gasteiger partial charge in [-0.3, -0.25) is 4.68 Å². The van der Waals surface area contributed by atoms with Gasteiger partial charge < -0.3 is 10.2 Å². The van der Waals surface area contributed by atoms with E-state index < -0.39 is 0 Å². The molecule has 0 aliphatic rings. The summed E-state index contributed by atoms with van der Waals surface area (Å²) < 4.78 is 1.57. The molecule has 1 aromatic heterocycles. The highest BCUT2D eigenvalue weighted by molar-refractivity contribution is 5.87. The summed E-state index contributed by atoms with van der Waals surface area (Å²) in [4.78, 5) is 0. The smallest absolute Gasteiger partial charge is 0.126 e. The van der Waals surface area contributed by atoms with Gasteiger partial charge in [0.25, 0.3) is 0 Å². The van der Waals surface area contributed by atoms with Crippen molar-refractivity contribution in [1.82, 2.24) is 9.78 Å².